The predicted molar refractivity (Wildman–Crippen MR) is 86.0 cm³/mol. The first-order valence-corrected chi connectivity index (χ1v) is 8.46. The highest BCUT2D eigenvalue weighted by atomic mass is 32.2. The van der Waals surface area contributed by atoms with E-state index in [-0.39, 0.29) is 4.90 Å². The van der Waals surface area contributed by atoms with E-state index in [1.165, 1.54) is 4.31 Å². The second-order valence-corrected chi connectivity index (χ2v) is 7.19. The summed E-state index contributed by atoms with van der Waals surface area (Å²) >= 11 is 0. The molecule has 114 valence electrons. The van der Waals surface area contributed by atoms with E-state index in [9.17, 15) is 8.42 Å². The van der Waals surface area contributed by atoms with Crippen LogP contribution in [0.5, 0.6) is 0 Å². The smallest absolute Gasteiger partial charge is 0.243 e. The summed E-state index contributed by atoms with van der Waals surface area (Å²) in [5.41, 5.74) is 0.759. The van der Waals surface area contributed by atoms with Gasteiger partial charge >= 0.3 is 0 Å². The molecular formula is C17H17NO3S. The molecule has 0 aliphatic carbocycles. The molecule has 0 aliphatic heterocycles. The Kier molecular flexibility index (Phi) is 3.76. The molecule has 0 spiro atoms. The van der Waals surface area contributed by atoms with Crippen molar-refractivity contribution >= 4 is 21.0 Å². The maximum atomic E-state index is 12.6. The van der Waals surface area contributed by atoms with Crippen LogP contribution in [0.25, 0.3) is 11.0 Å². The van der Waals surface area contributed by atoms with Crippen molar-refractivity contribution in [2.75, 3.05) is 7.05 Å². The molecule has 0 fully saturated rings. The van der Waals surface area contributed by atoms with E-state index in [4.69, 9.17) is 4.42 Å². The van der Waals surface area contributed by atoms with Crippen molar-refractivity contribution < 1.29 is 12.8 Å². The number of nitrogens with zero attached hydrogens (tertiary/aromatic N) is 1. The Hall–Kier alpha value is -2.11. The second kappa shape index (κ2) is 5.59. The van der Waals surface area contributed by atoms with Crippen molar-refractivity contribution in [3.63, 3.8) is 0 Å². The molecule has 3 rings (SSSR count). The van der Waals surface area contributed by atoms with E-state index < -0.39 is 16.1 Å². The third-order valence-corrected chi connectivity index (χ3v) is 5.76. The number of benzene rings is 2. The van der Waals surface area contributed by atoms with Crippen LogP contribution in [0.2, 0.25) is 0 Å². The zero-order valence-electron chi connectivity index (χ0n) is 12.4. The molecule has 3 aromatic rings. The van der Waals surface area contributed by atoms with Crippen LogP contribution in [0.4, 0.5) is 0 Å². The highest BCUT2D eigenvalue weighted by molar-refractivity contribution is 7.89. The predicted octanol–water partition coefficient (Wildman–Crippen LogP) is 3.81. The average molecular weight is 315 g/mol. The number of para-hydroxylation sites is 1. The van der Waals surface area contributed by atoms with Gasteiger partial charge < -0.3 is 4.42 Å². The monoisotopic (exact) mass is 315 g/mol. The number of hydrogen-bond acceptors (Lipinski definition) is 3. The fourth-order valence-electron chi connectivity index (χ4n) is 2.35. The molecule has 0 amide bonds. The third kappa shape index (κ3) is 2.53. The minimum absolute atomic E-state index is 0.278. The summed E-state index contributed by atoms with van der Waals surface area (Å²) in [7, 11) is -1.98. The quantitative estimate of drug-likeness (QED) is 0.735. The van der Waals surface area contributed by atoms with Gasteiger partial charge in [0.05, 0.1) is 10.9 Å². The van der Waals surface area contributed by atoms with Crippen LogP contribution in [0, 0.1) is 0 Å². The molecule has 0 aliphatic rings. The molecular weight excluding hydrogens is 298 g/mol. The van der Waals surface area contributed by atoms with Crippen LogP contribution < -0.4 is 0 Å². The van der Waals surface area contributed by atoms with Crippen LogP contribution in [-0.4, -0.2) is 19.8 Å². The van der Waals surface area contributed by atoms with Gasteiger partial charge in [0, 0.05) is 12.4 Å². The molecule has 0 N–H and O–H groups in total. The lowest BCUT2D eigenvalue weighted by Gasteiger charge is -2.22. The lowest BCUT2D eigenvalue weighted by Crippen LogP contribution is -2.29. The molecule has 22 heavy (non-hydrogen) atoms. The van der Waals surface area contributed by atoms with Gasteiger partial charge in [0.1, 0.15) is 11.3 Å². The maximum absolute atomic E-state index is 12.6. The molecule has 2 aromatic carbocycles. The van der Waals surface area contributed by atoms with Gasteiger partial charge in [0.15, 0.2) is 0 Å². The van der Waals surface area contributed by atoms with Crippen molar-refractivity contribution in [2.45, 2.75) is 17.9 Å². The number of sulfonamides is 1. The van der Waals surface area contributed by atoms with Crippen LogP contribution in [0.3, 0.4) is 0 Å². The van der Waals surface area contributed by atoms with E-state index in [0.29, 0.717) is 5.76 Å². The third-order valence-electron chi connectivity index (χ3n) is 3.82. The van der Waals surface area contributed by atoms with Gasteiger partial charge in [-0.2, -0.15) is 4.31 Å². The molecule has 1 heterocycles. The first-order valence-electron chi connectivity index (χ1n) is 7.02. The number of rotatable bonds is 4. The van der Waals surface area contributed by atoms with Crippen LogP contribution in [0.15, 0.2) is 70.0 Å². The SMILES string of the molecule is CC(c1cc2ccccc2o1)N(C)S(=O)(=O)c1ccccc1. The lowest BCUT2D eigenvalue weighted by atomic mass is 10.2. The fourth-order valence-corrected chi connectivity index (χ4v) is 3.71. The van der Waals surface area contributed by atoms with E-state index >= 15 is 0 Å². The molecule has 0 bridgehead atoms. The summed E-state index contributed by atoms with van der Waals surface area (Å²) in [5, 5.41) is 0.967. The van der Waals surface area contributed by atoms with Crippen molar-refractivity contribution in [2.24, 2.45) is 0 Å². The van der Waals surface area contributed by atoms with Crippen LogP contribution in [-0.2, 0) is 10.0 Å². The van der Waals surface area contributed by atoms with Gasteiger partial charge in [-0.05, 0) is 31.2 Å². The standard InChI is InChI=1S/C17H17NO3S/c1-13(17-12-14-8-6-7-11-16(14)21-17)18(2)22(19,20)15-9-4-3-5-10-15/h3-13H,1-2H3. The maximum Gasteiger partial charge on any atom is 0.243 e. The molecule has 1 aromatic heterocycles. The first kappa shape index (κ1) is 14.8. The average Bonchev–Trinajstić information content (AvgIpc) is 2.98. The summed E-state index contributed by atoms with van der Waals surface area (Å²) in [6.07, 6.45) is 0. The van der Waals surface area contributed by atoms with Crippen LogP contribution >= 0.6 is 0 Å². The first-order chi connectivity index (χ1) is 10.5. The van der Waals surface area contributed by atoms with Crippen molar-refractivity contribution in [3.05, 3.63) is 66.4 Å². The van der Waals surface area contributed by atoms with Gasteiger partial charge in [-0.25, -0.2) is 8.42 Å². The van der Waals surface area contributed by atoms with Crippen molar-refractivity contribution in [3.8, 4) is 0 Å². The normalized spacial score (nSPS) is 13.6. The minimum Gasteiger partial charge on any atom is -0.459 e. The second-order valence-electron chi connectivity index (χ2n) is 5.20. The highest BCUT2D eigenvalue weighted by Crippen LogP contribution is 2.29. The van der Waals surface area contributed by atoms with Gasteiger partial charge in [-0.15, -0.1) is 0 Å². The summed E-state index contributed by atoms with van der Waals surface area (Å²) < 4.78 is 32.4. The number of hydrogen-bond donors (Lipinski definition) is 0. The van der Waals surface area contributed by atoms with Gasteiger partial charge in [0.2, 0.25) is 10.0 Å². The fraction of sp³-hybridized carbons (Fsp3) is 0.176. The number of furan rings is 1. The Balaban J connectivity index is 1.95. The van der Waals surface area contributed by atoms with E-state index in [0.717, 1.165) is 11.0 Å². The molecule has 5 heteroatoms. The van der Waals surface area contributed by atoms with Crippen molar-refractivity contribution in [1.82, 2.24) is 4.31 Å². The Morgan fingerprint density at radius 2 is 1.64 bits per heavy atom. The number of fused-ring (bicyclic) bond motifs is 1. The van der Waals surface area contributed by atoms with Crippen LogP contribution in [0.1, 0.15) is 18.7 Å². The summed E-state index contributed by atoms with van der Waals surface area (Å²) in [5.74, 6) is 0.628. The largest absolute Gasteiger partial charge is 0.459 e. The molecule has 1 atom stereocenters. The molecule has 0 saturated heterocycles. The Morgan fingerprint density at radius 1 is 1.00 bits per heavy atom. The molecule has 0 radical (unpaired) electrons. The molecule has 0 saturated carbocycles. The summed E-state index contributed by atoms with van der Waals surface area (Å²) in [4.78, 5) is 0.278. The zero-order chi connectivity index (χ0) is 15.7. The Labute approximate surface area is 130 Å². The Morgan fingerprint density at radius 3 is 2.32 bits per heavy atom. The summed E-state index contributed by atoms with van der Waals surface area (Å²) in [6, 6.07) is 17.5. The van der Waals surface area contributed by atoms with Crippen molar-refractivity contribution in [1.29, 1.82) is 0 Å². The lowest BCUT2D eigenvalue weighted by molar-refractivity contribution is 0.348. The van der Waals surface area contributed by atoms with E-state index in [1.54, 1.807) is 37.4 Å². The molecule has 4 nitrogen and oxygen atoms in total. The minimum atomic E-state index is -3.55. The summed E-state index contributed by atoms with van der Waals surface area (Å²) in [6.45, 7) is 1.82. The molecule has 1 unspecified atom stereocenters. The highest BCUT2D eigenvalue weighted by Gasteiger charge is 2.28. The van der Waals surface area contributed by atoms with Gasteiger partial charge in [0.25, 0.3) is 0 Å². The van der Waals surface area contributed by atoms with Gasteiger partial charge in [-0.3, -0.25) is 0 Å². The van der Waals surface area contributed by atoms with Gasteiger partial charge in [-0.1, -0.05) is 36.4 Å². The Bertz CT molecular complexity index is 851. The zero-order valence-corrected chi connectivity index (χ0v) is 13.2. The van der Waals surface area contributed by atoms with E-state index in [1.807, 2.05) is 37.3 Å². The van der Waals surface area contributed by atoms with E-state index in [2.05, 4.69) is 0 Å². The topological polar surface area (TPSA) is 50.5 Å².